The zero-order valence-corrected chi connectivity index (χ0v) is 15.3. The molecule has 0 heterocycles. The molecule has 0 fully saturated rings. The fourth-order valence-corrected chi connectivity index (χ4v) is 2.45. The number of hydrogen-bond donors (Lipinski definition) is 2. The van der Waals surface area contributed by atoms with Crippen molar-refractivity contribution >= 4 is 17.6 Å². The molecule has 2 aromatic carbocycles. The summed E-state index contributed by atoms with van der Waals surface area (Å²) < 4.78 is 0. The molecule has 2 N–H and O–H groups in total. The van der Waals surface area contributed by atoms with Crippen LogP contribution in [0.3, 0.4) is 0 Å². The van der Waals surface area contributed by atoms with Gasteiger partial charge in [0.2, 0.25) is 0 Å². The number of benzene rings is 2. The van der Waals surface area contributed by atoms with E-state index in [-0.39, 0.29) is 0 Å². The van der Waals surface area contributed by atoms with Crippen molar-refractivity contribution in [2.45, 2.75) is 19.6 Å². The van der Waals surface area contributed by atoms with Crippen molar-refractivity contribution in [3.8, 4) is 0 Å². The first kappa shape index (κ1) is 18.3. The fourth-order valence-electron chi connectivity index (χ4n) is 2.32. The molecule has 0 atom stereocenters. The Bertz CT molecular complexity index is 648. The monoisotopic (exact) mass is 344 g/mol. The maximum atomic E-state index is 5.90. The molecular formula is C19H25ClN4. The van der Waals surface area contributed by atoms with Gasteiger partial charge in [-0.3, -0.25) is 4.99 Å². The van der Waals surface area contributed by atoms with Crippen molar-refractivity contribution in [2.75, 3.05) is 21.1 Å². The minimum absolute atomic E-state index is 0.707. The lowest BCUT2D eigenvalue weighted by Gasteiger charge is -2.13. The van der Waals surface area contributed by atoms with Crippen molar-refractivity contribution in [3.05, 3.63) is 70.2 Å². The van der Waals surface area contributed by atoms with E-state index >= 15 is 0 Å². The Labute approximate surface area is 149 Å². The smallest absolute Gasteiger partial charge is 0.191 e. The summed E-state index contributed by atoms with van der Waals surface area (Å²) in [5, 5.41) is 7.38. The molecule has 0 aliphatic rings. The molecule has 0 unspecified atom stereocenters. The zero-order chi connectivity index (χ0) is 17.4. The van der Waals surface area contributed by atoms with Gasteiger partial charge in [-0.15, -0.1) is 0 Å². The van der Waals surface area contributed by atoms with Crippen LogP contribution in [0.5, 0.6) is 0 Å². The van der Waals surface area contributed by atoms with E-state index in [1.807, 2.05) is 24.3 Å². The highest BCUT2D eigenvalue weighted by Gasteiger charge is 2.00. The van der Waals surface area contributed by atoms with Crippen LogP contribution in [0, 0.1) is 0 Å². The Morgan fingerprint density at radius 3 is 1.79 bits per heavy atom. The minimum Gasteiger partial charge on any atom is -0.352 e. The third-order valence-electron chi connectivity index (χ3n) is 3.58. The minimum atomic E-state index is 0.707. The van der Waals surface area contributed by atoms with Crippen LogP contribution in [-0.2, 0) is 19.6 Å². The van der Waals surface area contributed by atoms with E-state index < -0.39 is 0 Å². The van der Waals surface area contributed by atoms with Crippen molar-refractivity contribution in [2.24, 2.45) is 4.99 Å². The maximum absolute atomic E-state index is 5.90. The zero-order valence-electron chi connectivity index (χ0n) is 14.5. The van der Waals surface area contributed by atoms with Crippen LogP contribution in [0.4, 0.5) is 0 Å². The molecule has 0 radical (unpaired) electrons. The number of nitrogens with one attached hydrogen (secondary N) is 2. The average molecular weight is 345 g/mol. The number of nitrogens with zero attached hydrogens (tertiary/aromatic N) is 2. The second kappa shape index (κ2) is 9.30. The molecule has 0 aliphatic heterocycles. The molecule has 2 aromatic rings. The molecule has 0 aliphatic carbocycles. The van der Waals surface area contributed by atoms with Crippen LogP contribution in [0.25, 0.3) is 0 Å². The molecule has 0 bridgehead atoms. The second-order valence-corrected chi connectivity index (χ2v) is 6.40. The standard InChI is InChI=1S/C19H25ClN4/c1-21-19(23-13-16-8-10-18(20)11-9-16)22-12-15-4-6-17(7-5-15)14-24(2)3/h4-11H,12-14H2,1-3H3,(H2,21,22,23). The third-order valence-corrected chi connectivity index (χ3v) is 3.83. The topological polar surface area (TPSA) is 39.7 Å². The van der Waals surface area contributed by atoms with Crippen LogP contribution in [0.15, 0.2) is 53.5 Å². The summed E-state index contributed by atoms with van der Waals surface area (Å²) in [6.07, 6.45) is 0. The maximum Gasteiger partial charge on any atom is 0.191 e. The Morgan fingerprint density at radius 2 is 1.33 bits per heavy atom. The van der Waals surface area contributed by atoms with Gasteiger partial charge in [0, 0.05) is 31.7 Å². The second-order valence-electron chi connectivity index (χ2n) is 5.96. The summed E-state index contributed by atoms with van der Waals surface area (Å²) in [6, 6.07) is 16.4. The number of aliphatic imine (C=N–C) groups is 1. The van der Waals surface area contributed by atoms with E-state index in [0.717, 1.165) is 29.6 Å². The van der Waals surface area contributed by atoms with Gasteiger partial charge in [-0.25, -0.2) is 0 Å². The molecule has 128 valence electrons. The number of hydrogen-bond acceptors (Lipinski definition) is 2. The molecule has 0 amide bonds. The number of halogens is 1. The molecule has 0 spiro atoms. The largest absolute Gasteiger partial charge is 0.352 e. The molecule has 0 aromatic heterocycles. The number of guanidine groups is 1. The van der Waals surface area contributed by atoms with E-state index in [2.05, 4.69) is 58.9 Å². The molecular weight excluding hydrogens is 320 g/mol. The van der Waals surface area contributed by atoms with E-state index in [9.17, 15) is 0 Å². The third kappa shape index (κ3) is 6.22. The Hall–Kier alpha value is -2.04. The lowest BCUT2D eigenvalue weighted by molar-refractivity contribution is 0.402. The van der Waals surface area contributed by atoms with E-state index in [1.165, 1.54) is 11.1 Å². The van der Waals surface area contributed by atoms with Crippen molar-refractivity contribution < 1.29 is 0 Å². The van der Waals surface area contributed by atoms with Gasteiger partial charge in [-0.2, -0.15) is 0 Å². The lowest BCUT2D eigenvalue weighted by Crippen LogP contribution is -2.36. The van der Waals surface area contributed by atoms with Crippen LogP contribution in [-0.4, -0.2) is 32.0 Å². The summed E-state index contributed by atoms with van der Waals surface area (Å²) in [5.74, 6) is 0.780. The summed E-state index contributed by atoms with van der Waals surface area (Å²) in [4.78, 5) is 6.42. The predicted octanol–water partition coefficient (Wildman–Crippen LogP) is 3.27. The van der Waals surface area contributed by atoms with E-state index in [4.69, 9.17) is 11.6 Å². The normalized spacial score (nSPS) is 11.6. The van der Waals surface area contributed by atoms with Crippen molar-refractivity contribution in [3.63, 3.8) is 0 Å². The first-order valence-corrected chi connectivity index (χ1v) is 8.36. The summed E-state index contributed by atoms with van der Waals surface area (Å²) >= 11 is 5.90. The number of rotatable bonds is 6. The molecule has 0 saturated carbocycles. The molecule has 2 rings (SSSR count). The Balaban J connectivity index is 1.81. The molecule has 0 saturated heterocycles. The van der Waals surface area contributed by atoms with Gasteiger partial charge < -0.3 is 15.5 Å². The highest BCUT2D eigenvalue weighted by Crippen LogP contribution is 2.09. The van der Waals surface area contributed by atoms with Gasteiger partial charge >= 0.3 is 0 Å². The summed E-state index contributed by atoms with van der Waals surface area (Å²) in [7, 11) is 5.93. The predicted molar refractivity (Wildman–Crippen MR) is 102 cm³/mol. The molecule has 4 nitrogen and oxygen atoms in total. The van der Waals surface area contributed by atoms with Gasteiger partial charge in [0.15, 0.2) is 5.96 Å². The molecule has 24 heavy (non-hydrogen) atoms. The van der Waals surface area contributed by atoms with Gasteiger partial charge in [-0.1, -0.05) is 48.0 Å². The Morgan fingerprint density at radius 1 is 0.875 bits per heavy atom. The van der Waals surface area contributed by atoms with Crippen LogP contribution >= 0.6 is 11.6 Å². The van der Waals surface area contributed by atoms with Crippen molar-refractivity contribution in [1.82, 2.24) is 15.5 Å². The highest BCUT2D eigenvalue weighted by atomic mass is 35.5. The summed E-state index contributed by atoms with van der Waals surface area (Å²) in [6.45, 7) is 2.40. The van der Waals surface area contributed by atoms with Gasteiger partial charge in [-0.05, 0) is 42.9 Å². The van der Waals surface area contributed by atoms with Gasteiger partial charge in [0.25, 0.3) is 0 Å². The first-order valence-electron chi connectivity index (χ1n) is 7.98. The van der Waals surface area contributed by atoms with Crippen molar-refractivity contribution in [1.29, 1.82) is 0 Å². The van der Waals surface area contributed by atoms with Gasteiger partial charge in [0.1, 0.15) is 0 Å². The highest BCUT2D eigenvalue weighted by molar-refractivity contribution is 6.30. The lowest BCUT2D eigenvalue weighted by atomic mass is 10.1. The van der Waals surface area contributed by atoms with Crippen LogP contribution in [0.1, 0.15) is 16.7 Å². The molecule has 5 heteroatoms. The van der Waals surface area contributed by atoms with E-state index in [1.54, 1.807) is 7.05 Å². The fraction of sp³-hybridized carbons (Fsp3) is 0.316. The quantitative estimate of drug-likeness (QED) is 0.624. The van der Waals surface area contributed by atoms with Crippen LogP contribution < -0.4 is 10.6 Å². The Kier molecular flexibility index (Phi) is 7.09. The summed E-state index contributed by atoms with van der Waals surface area (Å²) in [5.41, 5.74) is 3.70. The van der Waals surface area contributed by atoms with E-state index in [0.29, 0.717) is 6.54 Å². The van der Waals surface area contributed by atoms with Crippen LogP contribution in [0.2, 0.25) is 5.02 Å². The first-order chi connectivity index (χ1) is 11.6. The average Bonchev–Trinajstić information content (AvgIpc) is 2.57. The van der Waals surface area contributed by atoms with Gasteiger partial charge in [0.05, 0.1) is 0 Å². The SMILES string of the molecule is CN=C(NCc1ccc(Cl)cc1)NCc1ccc(CN(C)C)cc1.